The fourth-order valence-corrected chi connectivity index (χ4v) is 4.34. The van der Waals surface area contributed by atoms with Crippen LogP contribution in [-0.2, 0) is 16.2 Å². The molecular formula is C24H24N2O4S. The summed E-state index contributed by atoms with van der Waals surface area (Å²) in [5.74, 6) is 0.139. The predicted molar refractivity (Wildman–Crippen MR) is 120 cm³/mol. The Kier molecular flexibility index (Phi) is 6.42. The molecule has 0 N–H and O–H groups in total. The Balaban J connectivity index is 1.36. The second kappa shape index (κ2) is 9.39. The molecule has 2 aromatic rings. The fraction of sp³-hybridized carbons (Fsp3) is 0.292. The normalized spacial score (nSPS) is 17.6. The molecule has 0 bridgehead atoms. The Morgan fingerprint density at radius 2 is 1.71 bits per heavy atom. The molecular weight excluding hydrogens is 412 g/mol. The van der Waals surface area contributed by atoms with Crippen molar-refractivity contribution in [1.29, 1.82) is 0 Å². The topological polar surface area (TPSA) is 66.9 Å². The molecule has 0 spiro atoms. The number of thioether (sulfide) groups is 1. The van der Waals surface area contributed by atoms with Crippen LogP contribution in [0.15, 0.2) is 53.4 Å². The summed E-state index contributed by atoms with van der Waals surface area (Å²) in [6.45, 7) is 3.73. The predicted octanol–water partition coefficient (Wildman–Crippen LogP) is 4.23. The van der Waals surface area contributed by atoms with Crippen molar-refractivity contribution in [3.63, 3.8) is 0 Å². The Labute approximate surface area is 185 Å². The number of hydrogen-bond donors (Lipinski definition) is 0. The monoisotopic (exact) mass is 436 g/mol. The highest BCUT2D eigenvalue weighted by atomic mass is 32.2. The van der Waals surface area contributed by atoms with Crippen LogP contribution in [0, 0.1) is 6.92 Å². The second-order valence-electron chi connectivity index (χ2n) is 7.70. The summed E-state index contributed by atoms with van der Waals surface area (Å²) < 4.78 is 5.81. The summed E-state index contributed by atoms with van der Waals surface area (Å²) in [4.78, 5) is 40.3. The van der Waals surface area contributed by atoms with E-state index in [1.54, 1.807) is 11.0 Å². The van der Waals surface area contributed by atoms with Gasteiger partial charge in [0.2, 0.25) is 5.91 Å². The van der Waals surface area contributed by atoms with E-state index in [1.807, 2.05) is 55.5 Å². The van der Waals surface area contributed by atoms with Gasteiger partial charge < -0.3 is 9.64 Å². The van der Waals surface area contributed by atoms with Gasteiger partial charge in [-0.1, -0.05) is 42.0 Å². The molecule has 2 heterocycles. The Bertz CT molecular complexity index is 1010. The van der Waals surface area contributed by atoms with E-state index in [0.717, 1.165) is 46.4 Å². The lowest BCUT2D eigenvalue weighted by atomic mass is 10.1. The van der Waals surface area contributed by atoms with Gasteiger partial charge in [-0.05, 0) is 60.9 Å². The number of amides is 3. The van der Waals surface area contributed by atoms with Crippen molar-refractivity contribution >= 4 is 34.9 Å². The summed E-state index contributed by atoms with van der Waals surface area (Å²) in [6, 6.07) is 15.5. The van der Waals surface area contributed by atoms with Crippen LogP contribution in [-0.4, -0.2) is 46.5 Å². The zero-order chi connectivity index (χ0) is 21.8. The molecule has 4 rings (SSSR count). The van der Waals surface area contributed by atoms with Crippen molar-refractivity contribution in [2.45, 2.75) is 26.4 Å². The molecule has 7 heteroatoms. The number of likely N-dealkylation sites (tertiary alicyclic amines) is 1. The van der Waals surface area contributed by atoms with Crippen LogP contribution in [0.5, 0.6) is 5.75 Å². The number of rotatable bonds is 6. The summed E-state index contributed by atoms with van der Waals surface area (Å²) >= 11 is 0.871. The molecule has 0 atom stereocenters. The van der Waals surface area contributed by atoms with E-state index in [1.165, 1.54) is 5.56 Å². The highest BCUT2D eigenvalue weighted by Gasteiger charge is 2.37. The fourth-order valence-electron chi connectivity index (χ4n) is 3.50. The molecule has 2 fully saturated rings. The summed E-state index contributed by atoms with van der Waals surface area (Å²) in [5, 5.41) is -0.401. The van der Waals surface area contributed by atoms with Crippen molar-refractivity contribution in [2.75, 3.05) is 19.6 Å². The summed E-state index contributed by atoms with van der Waals surface area (Å²) in [7, 11) is 0. The average Bonchev–Trinajstić information content (AvgIpc) is 3.39. The van der Waals surface area contributed by atoms with Gasteiger partial charge in [-0.25, -0.2) is 0 Å². The van der Waals surface area contributed by atoms with Gasteiger partial charge >= 0.3 is 0 Å². The van der Waals surface area contributed by atoms with E-state index in [4.69, 9.17) is 4.74 Å². The van der Waals surface area contributed by atoms with Crippen LogP contribution >= 0.6 is 11.8 Å². The zero-order valence-electron chi connectivity index (χ0n) is 17.4. The van der Waals surface area contributed by atoms with Crippen molar-refractivity contribution in [2.24, 2.45) is 0 Å². The molecule has 2 aromatic carbocycles. The maximum atomic E-state index is 12.6. The lowest BCUT2D eigenvalue weighted by molar-refractivity contribution is -0.135. The smallest absolute Gasteiger partial charge is 0.294 e. The van der Waals surface area contributed by atoms with E-state index >= 15 is 0 Å². The minimum atomic E-state index is -0.415. The van der Waals surface area contributed by atoms with Crippen molar-refractivity contribution in [3.05, 3.63) is 70.1 Å². The number of imide groups is 1. The lowest BCUT2D eigenvalue weighted by Gasteiger charge is -2.18. The van der Waals surface area contributed by atoms with Gasteiger partial charge in [0, 0.05) is 13.1 Å². The molecule has 0 radical (unpaired) electrons. The van der Waals surface area contributed by atoms with Gasteiger partial charge in [0.05, 0.1) is 4.91 Å². The first-order valence-electron chi connectivity index (χ1n) is 10.3. The van der Waals surface area contributed by atoms with Gasteiger partial charge in [-0.3, -0.25) is 19.3 Å². The number of hydrogen-bond acceptors (Lipinski definition) is 5. The Morgan fingerprint density at radius 3 is 2.39 bits per heavy atom. The van der Waals surface area contributed by atoms with Crippen molar-refractivity contribution in [1.82, 2.24) is 9.80 Å². The van der Waals surface area contributed by atoms with Gasteiger partial charge in [-0.15, -0.1) is 0 Å². The highest BCUT2D eigenvalue weighted by molar-refractivity contribution is 8.18. The van der Waals surface area contributed by atoms with Crippen LogP contribution < -0.4 is 4.74 Å². The average molecular weight is 437 g/mol. The first-order chi connectivity index (χ1) is 15.0. The maximum absolute atomic E-state index is 12.6. The molecule has 31 heavy (non-hydrogen) atoms. The first kappa shape index (κ1) is 21.2. The summed E-state index contributed by atoms with van der Waals surface area (Å²) in [5.41, 5.74) is 3.09. The van der Waals surface area contributed by atoms with Crippen LogP contribution in [0.4, 0.5) is 4.79 Å². The maximum Gasteiger partial charge on any atom is 0.294 e. The van der Waals surface area contributed by atoms with Crippen LogP contribution in [0.3, 0.4) is 0 Å². The number of ether oxygens (including phenoxy) is 1. The quantitative estimate of drug-likeness (QED) is 0.634. The van der Waals surface area contributed by atoms with E-state index < -0.39 is 11.1 Å². The van der Waals surface area contributed by atoms with Crippen LogP contribution in [0.2, 0.25) is 0 Å². The van der Waals surface area contributed by atoms with E-state index in [9.17, 15) is 14.4 Å². The standard InChI is InChI=1S/C24H24N2O4S/c1-17-4-6-19(7-5-17)16-30-20-10-8-18(9-11-20)14-21-23(28)26(24(29)31-21)15-22(27)25-12-2-3-13-25/h4-11,14H,2-3,12-13,15-16H2,1H3/b21-14+. The molecule has 160 valence electrons. The third kappa shape index (κ3) is 5.17. The van der Waals surface area contributed by atoms with Crippen molar-refractivity contribution < 1.29 is 19.1 Å². The molecule has 2 aliphatic heterocycles. The minimum absolute atomic E-state index is 0.170. The summed E-state index contributed by atoms with van der Waals surface area (Å²) in [6.07, 6.45) is 3.62. The molecule has 0 aliphatic carbocycles. The van der Waals surface area contributed by atoms with Gasteiger partial charge in [0.25, 0.3) is 11.1 Å². The van der Waals surface area contributed by atoms with E-state index in [2.05, 4.69) is 0 Å². The highest BCUT2D eigenvalue weighted by Crippen LogP contribution is 2.32. The molecule has 2 aliphatic rings. The van der Waals surface area contributed by atoms with Crippen LogP contribution in [0.1, 0.15) is 29.5 Å². The minimum Gasteiger partial charge on any atom is -0.489 e. The Morgan fingerprint density at radius 1 is 1.03 bits per heavy atom. The van der Waals surface area contributed by atoms with Crippen LogP contribution in [0.25, 0.3) is 6.08 Å². The third-order valence-electron chi connectivity index (χ3n) is 5.33. The molecule has 0 unspecified atom stereocenters. The third-order valence-corrected chi connectivity index (χ3v) is 6.24. The molecule has 0 aromatic heterocycles. The number of benzene rings is 2. The number of aryl methyl sites for hydroxylation is 1. The Hall–Kier alpha value is -3.06. The van der Waals surface area contributed by atoms with Crippen molar-refractivity contribution in [3.8, 4) is 5.75 Å². The first-order valence-corrected chi connectivity index (χ1v) is 11.1. The second-order valence-corrected chi connectivity index (χ2v) is 8.69. The number of carbonyl (C=O) groups is 3. The molecule has 3 amide bonds. The van der Waals surface area contributed by atoms with Gasteiger partial charge in [-0.2, -0.15) is 0 Å². The number of nitrogens with zero attached hydrogens (tertiary/aromatic N) is 2. The van der Waals surface area contributed by atoms with Gasteiger partial charge in [0.1, 0.15) is 18.9 Å². The zero-order valence-corrected chi connectivity index (χ0v) is 18.2. The van der Waals surface area contributed by atoms with Gasteiger partial charge in [0.15, 0.2) is 0 Å². The lowest BCUT2D eigenvalue weighted by Crippen LogP contribution is -2.40. The molecule has 0 saturated carbocycles. The largest absolute Gasteiger partial charge is 0.489 e. The SMILES string of the molecule is Cc1ccc(COc2ccc(/C=C3/SC(=O)N(CC(=O)N4CCCC4)C3=O)cc2)cc1. The molecule has 6 nitrogen and oxygen atoms in total. The number of carbonyl (C=O) groups excluding carboxylic acids is 3. The molecule has 2 saturated heterocycles. The van der Waals surface area contributed by atoms with E-state index in [0.29, 0.717) is 24.6 Å². The van der Waals surface area contributed by atoms with E-state index in [-0.39, 0.29) is 12.5 Å².